The third-order valence-corrected chi connectivity index (χ3v) is 2.93. The first-order chi connectivity index (χ1) is 8.65. The summed E-state index contributed by atoms with van der Waals surface area (Å²) in [5, 5.41) is 30.4. The van der Waals surface area contributed by atoms with Crippen LogP contribution in [0.15, 0.2) is 0 Å². The topological polar surface area (TPSA) is 165 Å². The van der Waals surface area contributed by atoms with Gasteiger partial charge in [-0.15, -0.1) is 0 Å². The maximum atomic E-state index is 10.9. The maximum Gasteiger partial charge on any atom is 0.218 e. The summed E-state index contributed by atoms with van der Waals surface area (Å²) in [7, 11) is -5.16. The number of hydrogen-bond donors (Lipinski definition) is 4. The Kier molecular flexibility index (Phi) is 5.20. The minimum Gasteiger partial charge on any atom is -0.726 e. The van der Waals surface area contributed by atoms with Crippen molar-refractivity contribution in [3.05, 3.63) is 0 Å². The number of carbonyl (C=O) groups excluding carboxylic acids is 1. The largest absolute Gasteiger partial charge is 0.726 e. The molecule has 4 N–H and O–H groups in total. The first-order valence-corrected chi connectivity index (χ1v) is 6.52. The molecule has 10 nitrogen and oxygen atoms in total. The Labute approximate surface area is 108 Å². The number of rotatable bonds is 4. The lowest BCUT2D eigenvalue weighted by Crippen LogP contribution is -2.64. The van der Waals surface area contributed by atoms with Crippen LogP contribution in [0.5, 0.6) is 0 Å². The molecular formula is C8H14NO9S-. The highest BCUT2D eigenvalue weighted by atomic mass is 32.3. The second-order valence-electron chi connectivity index (χ2n) is 3.93. The first kappa shape index (κ1) is 16.2. The molecule has 0 bridgehead atoms. The molecule has 5 atom stereocenters. The lowest BCUT2D eigenvalue weighted by molar-refractivity contribution is -0.248. The molecule has 1 fully saturated rings. The van der Waals surface area contributed by atoms with E-state index in [0.717, 1.165) is 6.92 Å². The molecule has 0 radical (unpaired) electrons. The smallest absolute Gasteiger partial charge is 0.218 e. The van der Waals surface area contributed by atoms with Crippen molar-refractivity contribution in [1.29, 1.82) is 0 Å². The Morgan fingerprint density at radius 2 is 2.05 bits per heavy atom. The summed E-state index contributed by atoms with van der Waals surface area (Å²) < 4.78 is 40.5. The van der Waals surface area contributed by atoms with Gasteiger partial charge in [0.2, 0.25) is 16.3 Å². The third-order valence-electron chi connectivity index (χ3n) is 2.47. The van der Waals surface area contributed by atoms with Gasteiger partial charge in [0.15, 0.2) is 6.29 Å². The van der Waals surface area contributed by atoms with Crippen molar-refractivity contribution in [3.63, 3.8) is 0 Å². The number of carbonyl (C=O) groups is 1. The number of aliphatic hydroxyl groups is 3. The molecule has 1 aliphatic rings. The molecule has 0 aliphatic carbocycles. The molecule has 0 aromatic rings. The highest BCUT2D eigenvalue weighted by molar-refractivity contribution is 7.80. The van der Waals surface area contributed by atoms with Crippen LogP contribution in [0.2, 0.25) is 0 Å². The van der Waals surface area contributed by atoms with Gasteiger partial charge in [-0.25, -0.2) is 8.42 Å². The molecule has 19 heavy (non-hydrogen) atoms. The fourth-order valence-corrected chi connectivity index (χ4v) is 2.24. The van der Waals surface area contributed by atoms with Crippen LogP contribution in [-0.2, 0) is 24.1 Å². The standard InChI is InChI=1S/C8H15NO9S/c1-3(11)9-5-6(12)7(18-19(14,15)16)4(2-10)17-8(5)13/h4-8,10,12-13H,2H2,1H3,(H,9,11)(H,14,15,16)/p-1/t4-,5-,6-,7+,8-/m1/s1. The van der Waals surface area contributed by atoms with Crippen molar-refractivity contribution in [1.82, 2.24) is 5.32 Å². The van der Waals surface area contributed by atoms with Crippen LogP contribution in [0.25, 0.3) is 0 Å². The number of ether oxygens (including phenoxy) is 1. The first-order valence-electron chi connectivity index (χ1n) is 5.19. The Bertz CT molecular complexity index is 424. The zero-order valence-electron chi connectivity index (χ0n) is 9.79. The molecule has 0 spiro atoms. The summed E-state index contributed by atoms with van der Waals surface area (Å²) in [6.45, 7) is 0.291. The Morgan fingerprint density at radius 3 is 2.47 bits per heavy atom. The van der Waals surface area contributed by atoms with Gasteiger partial charge in [0.1, 0.15) is 24.4 Å². The van der Waals surface area contributed by atoms with Crippen LogP contribution in [0.4, 0.5) is 0 Å². The van der Waals surface area contributed by atoms with Gasteiger partial charge < -0.3 is 29.9 Å². The highest BCUT2D eigenvalue weighted by Gasteiger charge is 2.46. The molecule has 1 heterocycles. The molecule has 0 aromatic carbocycles. The SMILES string of the molecule is CC(=O)N[C@@H]1[C@@H](O)[C@@H](OS(=O)(=O)[O-])[C@@H](CO)O[C@H]1O. The van der Waals surface area contributed by atoms with E-state index >= 15 is 0 Å². The van der Waals surface area contributed by atoms with Crippen LogP contribution >= 0.6 is 0 Å². The van der Waals surface area contributed by atoms with E-state index in [2.05, 4.69) is 9.50 Å². The summed E-state index contributed by atoms with van der Waals surface area (Å²) in [5.74, 6) is -0.627. The molecule has 1 rings (SSSR count). The minimum absolute atomic E-state index is 0.627. The van der Waals surface area contributed by atoms with E-state index in [0.29, 0.717) is 0 Å². The van der Waals surface area contributed by atoms with E-state index in [1.54, 1.807) is 0 Å². The van der Waals surface area contributed by atoms with E-state index in [1.165, 1.54) is 0 Å². The number of amides is 1. The van der Waals surface area contributed by atoms with Crippen molar-refractivity contribution in [2.75, 3.05) is 6.61 Å². The van der Waals surface area contributed by atoms with Gasteiger partial charge in [0.25, 0.3) is 0 Å². The molecular weight excluding hydrogens is 286 g/mol. The molecule has 0 unspecified atom stereocenters. The van der Waals surface area contributed by atoms with Gasteiger partial charge in [0.05, 0.1) is 6.61 Å². The van der Waals surface area contributed by atoms with Crippen molar-refractivity contribution in [2.24, 2.45) is 0 Å². The Hall–Kier alpha value is -0.820. The van der Waals surface area contributed by atoms with Crippen LogP contribution in [0.1, 0.15) is 6.92 Å². The van der Waals surface area contributed by atoms with Gasteiger partial charge >= 0.3 is 0 Å². The monoisotopic (exact) mass is 300 g/mol. The van der Waals surface area contributed by atoms with E-state index in [-0.39, 0.29) is 0 Å². The van der Waals surface area contributed by atoms with Crippen molar-refractivity contribution < 1.29 is 42.0 Å². The van der Waals surface area contributed by atoms with E-state index < -0.39 is 53.6 Å². The van der Waals surface area contributed by atoms with E-state index in [1.807, 2.05) is 0 Å². The van der Waals surface area contributed by atoms with Crippen LogP contribution in [0.3, 0.4) is 0 Å². The summed E-state index contributed by atoms with van der Waals surface area (Å²) in [6, 6.07) is -1.40. The van der Waals surface area contributed by atoms with Gasteiger partial charge in [-0.05, 0) is 0 Å². The summed E-state index contributed by atoms with van der Waals surface area (Å²) >= 11 is 0. The molecule has 0 saturated carbocycles. The molecule has 1 amide bonds. The van der Waals surface area contributed by atoms with Gasteiger partial charge in [0, 0.05) is 6.92 Å². The van der Waals surface area contributed by atoms with Crippen LogP contribution in [-0.4, -0.2) is 71.4 Å². The van der Waals surface area contributed by atoms with E-state index in [4.69, 9.17) is 9.84 Å². The van der Waals surface area contributed by atoms with Crippen molar-refractivity contribution in [3.8, 4) is 0 Å². The van der Waals surface area contributed by atoms with Gasteiger partial charge in [-0.2, -0.15) is 0 Å². The van der Waals surface area contributed by atoms with Crippen LogP contribution in [0, 0.1) is 0 Å². The minimum atomic E-state index is -5.16. The quantitative estimate of drug-likeness (QED) is 0.303. The third kappa shape index (κ3) is 4.35. The zero-order valence-corrected chi connectivity index (χ0v) is 10.6. The predicted octanol–water partition coefficient (Wildman–Crippen LogP) is -3.59. The Morgan fingerprint density at radius 1 is 1.47 bits per heavy atom. The van der Waals surface area contributed by atoms with Crippen molar-refractivity contribution in [2.45, 2.75) is 37.6 Å². The number of aliphatic hydroxyl groups excluding tert-OH is 3. The summed E-state index contributed by atoms with van der Waals surface area (Å²) in [5.41, 5.74) is 0. The normalized spacial score (nSPS) is 35.9. The number of nitrogens with one attached hydrogen (secondary N) is 1. The molecule has 0 aromatic heterocycles. The molecule has 1 saturated heterocycles. The Balaban J connectivity index is 2.94. The fourth-order valence-electron chi connectivity index (χ4n) is 1.73. The second kappa shape index (κ2) is 6.09. The molecule has 1 aliphatic heterocycles. The number of hydrogen-bond acceptors (Lipinski definition) is 9. The molecule has 112 valence electrons. The fraction of sp³-hybridized carbons (Fsp3) is 0.875. The summed E-state index contributed by atoms with van der Waals surface area (Å²) in [4.78, 5) is 10.9. The highest BCUT2D eigenvalue weighted by Crippen LogP contribution is 2.23. The molecule has 11 heteroatoms. The van der Waals surface area contributed by atoms with Crippen LogP contribution < -0.4 is 5.32 Å². The van der Waals surface area contributed by atoms with Gasteiger partial charge in [-0.1, -0.05) is 0 Å². The average Bonchev–Trinajstić information content (AvgIpc) is 2.26. The average molecular weight is 300 g/mol. The second-order valence-corrected chi connectivity index (χ2v) is 4.94. The maximum absolute atomic E-state index is 10.9. The van der Waals surface area contributed by atoms with Crippen molar-refractivity contribution >= 4 is 16.3 Å². The zero-order chi connectivity index (χ0) is 14.8. The lowest BCUT2D eigenvalue weighted by Gasteiger charge is -2.42. The van der Waals surface area contributed by atoms with E-state index in [9.17, 15) is 28.0 Å². The predicted molar refractivity (Wildman–Crippen MR) is 56.1 cm³/mol. The van der Waals surface area contributed by atoms with Gasteiger partial charge in [-0.3, -0.25) is 8.98 Å². The summed E-state index contributed by atoms with van der Waals surface area (Å²) in [6.07, 6.45) is -6.62. The lowest BCUT2D eigenvalue weighted by atomic mass is 9.97.